The number of hydrogen-bond acceptors (Lipinski definition) is 3. The Hall–Kier alpha value is -0.820. The summed E-state index contributed by atoms with van der Waals surface area (Å²) in [5.41, 5.74) is -1.72. The summed E-state index contributed by atoms with van der Waals surface area (Å²) in [5.74, 6) is -0.244. The highest BCUT2D eigenvalue weighted by atomic mass is 79.9. The first-order valence-electron chi connectivity index (χ1n) is 5.49. The quantitative estimate of drug-likeness (QED) is 0.897. The SMILES string of the molecule is OC1(CNc2ncc(Br)cc2C(F)(F)F)CCC1. The molecule has 1 aromatic rings. The van der Waals surface area contributed by atoms with Gasteiger partial charge in [0.2, 0.25) is 0 Å². The molecule has 0 saturated heterocycles. The van der Waals surface area contributed by atoms with Gasteiger partial charge in [-0.1, -0.05) is 0 Å². The van der Waals surface area contributed by atoms with Crippen LogP contribution < -0.4 is 5.32 Å². The van der Waals surface area contributed by atoms with Gasteiger partial charge < -0.3 is 10.4 Å². The minimum atomic E-state index is -4.47. The zero-order valence-electron chi connectivity index (χ0n) is 9.39. The van der Waals surface area contributed by atoms with Gasteiger partial charge in [-0.15, -0.1) is 0 Å². The van der Waals surface area contributed by atoms with E-state index in [-0.39, 0.29) is 16.8 Å². The Kier molecular flexibility index (Phi) is 3.55. The number of aliphatic hydroxyl groups is 1. The average molecular weight is 325 g/mol. The Morgan fingerprint density at radius 3 is 2.61 bits per heavy atom. The van der Waals surface area contributed by atoms with Gasteiger partial charge in [0.15, 0.2) is 0 Å². The molecular formula is C11H12BrF3N2O. The Labute approximate surface area is 111 Å². The van der Waals surface area contributed by atoms with E-state index in [0.29, 0.717) is 12.8 Å². The first-order valence-corrected chi connectivity index (χ1v) is 6.28. The number of pyridine rings is 1. The number of aromatic nitrogens is 1. The predicted molar refractivity (Wildman–Crippen MR) is 64.2 cm³/mol. The zero-order chi connectivity index (χ0) is 13.4. The van der Waals surface area contributed by atoms with Crippen LogP contribution in [0.4, 0.5) is 19.0 Å². The van der Waals surface area contributed by atoms with E-state index in [1.165, 1.54) is 6.20 Å². The van der Waals surface area contributed by atoms with Gasteiger partial charge in [0, 0.05) is 17.2 Å². The highest BCUT2D eigenvalue weighted by Gasteiger charge is 2.37. The maximum absolute atomic E-state index is 12.8. The first kappa shape index (κ1) is 13.6. The van der Waals surface area contributed by atoms with Crippen molar-refractivity contribution in [3.63, 3.8) is 0 Å². The Balaban J connectivity index is 2.16. The van der Waals surface area contributed by atoms with E-state index in [2.05, 4.69) is 26.2 Å². The summed E-state index contributed by atoms with van der Waals surface area (Å²) in [6, 6.07) is 0.972. The maximum Gasteiger partial charge on any atom is 0.419 e. The predicted octanol–water partition coefficient (Wildman–Crippen LogP) is 3.19. The van der Waals surface area contributed by atoms with E-state index in [1.807, 2.05) is 0 Å². The van der Waals surface area contributed by atoms with Crippen molar-refractivity contribution in [2.45, 2.75) is 31.0 Å². The van der Waals surface area contributed by atoms with Gasteiger partial charge in [-0.05, 0) is 41.3 Å². The highest BCUT2D eigenvalue weighted by molar-refractivity contribution is 9.10. The molecule has 7 heteroatoms. The van der Waals surface area contributed by atoms with Crippen LogP contribution in [0.15, 0.2) is 16.7 Å². The number of halogens is 4. The standard InChI is InChI=1S/C11H12BrF3N2O/c12-7-4-8(11(13,14)15)9(16-5-7)17-6-10(18)2-1-3-10/h4-5,18H,1-3,6H2,(H,16,17). The molecule has 3 nitrogen and oxygen atoms in total. The summed E-state index contributed by atoms with van der Waals surface area (Å²) in [7, 11) is 0. The van der Waals surface area contributed by atoms with Crippen LogP contribution >= 0.6 is 15.9 Å². The van der Waals surface area contributed by atoms with Crippen LogP contribution in [0, 0.1) is 0 Å². The minimum absolute atomic E-state index is 0.0880. The molecule has 0 spiro atoms. The fourth-order valence-electron chi connectivity index (χ4n) is 1.81. The second-order valence-corrected chi connectivity index (χ2v) is 5.39. The molecule has 0 aromatic carbocycles. The van der Waals surface area contributed by atoms with E-state index >= 15 is 0 Å². The number of nitrogens with one attached hydrogen (secondary N) is 1. The van der Waals surface area contributed by atoms with Crippen molar-refractivity contribution < 1.29 is 18.3 Å². The van der Waals surface area contributed by atoms with Gasteiger partial charge >= 0.3 is 6.18 Å². The number of alkyl halides is 3. The summed E-state index contributed by atoms with van der Waals surface area (Å²) in [4.78, 5) is 3.72. The zero-order valence-corrected chi connectivity index (χ0v) is 11.0. The summed E-state index contributed by atoms with van der Waals surface area (Å²) < 4.78 is 38.6. The molecule has 1 fully saturated rings. The normalized spacial score (nSPS) is 18.3. The molecule has 0 unspecified atom stereocenters. The molecule has 0 atom stereocenters. The third-order valence-corrected chi connectivity index (χ3v) is 3.46. The van der Waals surface area contributed by atoms with Crippen molar-refractivity contribution in [1.29, 1.82) is 0 Å². The lowest BCUT2D eigenvalue weighted by Crippen LogP contribution is -2.43. The molecule has 2 rings (SSSR count). The Morgan fingerprint density at radius 1 is 1.44 bits per heavy atom. The minimum Gasteiger partial charge on any atom is -0.388 e. The number of nitrogens with zero attached hydrogens (tertiary/aromatic N) is 1. The van der Waals surface area contributed by atoms with Crippen LogP contribution in [0.5, 0.6) is 0 Å². The lowest BCUT2D eigenvalue weighted by molar-refractivity contribution is -0.137. The molecule has 0 aliphatic heterocycles. The van der Waals surface area contributed by atoms with Gasteiger partial charge in [-0.25, -0.2) is 4.98 Å². The monoisotopic (exact) mass is 324 g/mol. The van der Waals surface area contributed by atoms with Crippen LogP contribution in [0.3, 0.4) is 0 Å². The number of hydrogen-bond donors (Lipinski definition) is 2. The third-order valence-electron chi connectivity index (χ3n) is 3.03. The molecular weight excluding hydrogens is 313 g/mol. The van der Waals surface area contributed by atoms with E-state index < -0.39 is 17.3 Å². The highest BCUT2D eigenvalue weighted by Crippen LogP contribution is 2.36. The maximum atomic E-state index is 12.8. The average Bonchev–Trinajstić information content (AvgIpc) is 2.23. The van der Waals surface area contributed by atoms with Crippen molar-refractivity contribution in [2.24, 2.45) is 0 Å². The largest absolute Gasteiger partial charge is 0.419 e. The van der Waals surface area contributed by atoms with Gasteiger partial charge in [0.05, 0.1) is 11.2 Å². The Bertz CT molecular complexity index is 446. The lowest BCUT2D eigenvalue weighted by atomic mass is 9.80. The molecule has 18 heavy (non-hydrogen) atoms. The lowest BCUT2D eigenvalue weighted by Gasteiger charge is -2.36. The van der Waals surface area contributed by atoms with Crippen molar-refractivity contribution in [3.8, 4) is 0 Å². The van der Waals surface area contributed by atoms with Crippen LogP contribution in [0.2, 0.25) is 0 Å². The van der Waals surface area contributed by atoms with Gasteiger partial charge in [-0.2, -0.15) is 13.2 Å². The van der Waals surface area contributed by atoms with Crippen molar-refractivity contribution in [3.05, 3.63) is 22.3 Å². The molecule has 1 aliphatic carbocycles. The summed E-state index contributed by atoms with van der Waals surface area (Å²) in [6.07, 6.45) is -1.06. The van der Waals surface area contributed by atoms with Crippen molar-refractivity contribution >= 4 is 21.7 Å². The molecule has 0 radical (unpaired) electrons. The van der Waals surface area contributed by atoms with E-state index in [0.717, 1.165) is 12.5 Å². The fourth-order valence-corrected chi connectivity index (χ4v) is 2.14. The topological polar surface area (TPSA) is 45.1 Å². The number of anilines is 1. The third kappa shape index (κ3) is 2.95. The van der Waals surface area contributed by atoms with E-state index in [4.69, 9.17) is 0 Å². The fraction of sp³-hybridized carbons (Fsp3) is 0.545. The smallest absolute Gasteiger partial charge is 0.388 e. The molecule has 1 heterocycles. The van der Waals surface area contributed by atoms with Crippen molar-refractivity contribution in [1.82, 2.24) is 4.98 Å². The molecule has 1 aliphatic rings. The molecule has 0 amide bonds. The second kappa shape index (κ2) is 4.70. The van der Waals surface area contributed by atoms with Crippen LogP contribution in [-0.4, -0.2) is 22.2 Å². The van der Waals surface area contributed by atoms with Crippen LogP contribution in [0.1, 0.15) is 24.8 Å². The molecule has 100 valence electrons. The molecule has 2 N–H and O–H groups in total. The van der Waals surface area contributed by atoms with Gasteiger partial charge in [0.1, 0.15) is 5.82 Å². The van der Waals surface area contributed by atoms with Gasteiger partial charge in [0.25, 0.3) is 0 Å². The summed E-state index contributed by atoms with van der Waals surface area (Å²) in [6.45, 7) is 0.0880. The number of rotatable bonds is 3. The van der Waals surface area contributed by atoms with E-state index in [9.17, 15) is 18.3 Å². The van der Waals surface area contributed by atoms with Crippen molar-refractivity contribution in [2.75, 3.05) is 11.9 Å². The first-order chi connectivity index (χ1) is 8.30. The Morgan fingerprint density at radius 2 is 2.11 bits per heavy atom. The van der Waals surface area contributed by atoms with Gasteiger partial charge in [-0.3, -0.25) is 0 Å². The summed E-state index contributed by atoms with van der Waals surface area (Å²) >= 11 is 2.96. The molecule has 1 saturated carbocycles. The molecule has 0 bridgehead atoms. The second-order valence-electron chi connectivity index (χ2n) is 4.48. The van der Waals surface area contributed by atoms with E-state index in [1.54, 1.807) is 0 Å². The van der Waals surface area contributed by atoms with Crippen LogP contribution in [0.25, 0.3) is 0 Å². The van der Waals surface area contributed by atoms with Crippen LogP contribution in [-0.2, 0) is 6.18 Å². The molecule has 1 aromatic heterocycles. The summed E-state index contributed by atoms with van der Waals surface area (Å²) in [5, 5.41) is 12.4.